The fourth-order valence-electron chi connectivity index (χ4n) is 1.60. The molecule has 0 bridgehead atoms. The van der Waals surface area contributed by atoms with E-state index in [0.717, 1.165) is 9.56 Å². The standard InChI is InChI=1S/C12H7Cl2N3O2S/c13-7-4-16-17(12(18)11(7)14)6-10-15-5-8(19-10)9-2-1-3-20-9/h1-5H,6H2. The summed E-state index contributed by atoms with van der Waals surface area (Å²) >= 11 is 13.0. The van der Waals surface area contributed by atoms with Crippen molar-refractivity contribution >= 4 is 34.5 Å². The van der Waals surface area contributed by atoms with Crippen LogP contribution in [-0.4, -0.2) is 14.8 Å². The maximum atomic E-state index is 11.8. The van der Waals surface area contributed by atoms with Gasteiger partial charge in [-0.25, -0.2) is 9.67 Å². The van der Waals surface area contributed by atoms with Gasteiger partial charge in [-0.05, 0) is 11.4 Å². The van der Waals surface area contributed by atoms with Gasteiger partial charge in [0, 0.05) is 0 Å². The number of nitrogens with zero attached hydrogens (tertiary/aromatic N) is 3. The molecule has 0 unspecified atom stereocenters. The Hall–Kier alpha value is -1.63. The van der Waals surface area contributed by atoms with Crippen LogP contribution in [0, 0.1) is 0 Å². The van der Waals surface area contributed by atoms with Crippen molar-refractivity contribution in [3.63, 3.8) is 0 Å². The number of hydrogen-bond donors (Lipinski definition) is 0. The molecule has 0 amide bonds. The first-order valence-electron chi connectivity index (χ1n) is 5.55. The number of rotatable bonds is 3. The van der Waals surface area contributed by atoms with Crippen LogP contribution in [-0.2, 0) is 6.54 Å². The highest BCUT2D eigenvalue weighted by molar-refractivity contribution is 7.13. The van der Waals surface area contributed by atoms with Crippen LogP contribution < -0.4 is 5.56 Å². The highest BCUT2D eigenvalue weighted by atomic mass is 35.5. The van der Waals surface area contributed by atoms with E-state index in [2.05, 4.69) is 10.1 Å². The molecule has 0 spiro atoms. The molecule has 8 heteroatoms. The van der Waals surface area contributed by atoms with Gasteiger partial charge in [0.25, 0.3) is 5.56 Å². The average Bonchev–Trinajstić information content (AvgIpc) is 3.10. The molecule has 3 heterocycles. The number of oxazole rings is 1. The van der Waals surface area contributed by atoms with E-state index in [9.17, 15) is 4.79 Å². The first kappa shape index (κ1) is 13.4. The SMILES string of the molecule is O=c1c(Cl)c(Cl)cnn1Cc1ncc(-c2cccs2)o1. The van der Waals surface area contributed by atoms with Crippen LogP contribution in [0.25, 0.3) is 10.6 Å². The molecule has 0 aliphatic carbocycles. The molecule has 5 nitrogen and oxygen atoms in total. The molecule has 0 N–H and O–H groups in total. The van der Waals surface area contributed by atoms with E-state index in [4.69, 9.17) is 27.6 Å². The Morgan fingerprint density at radius 2 is 2.20 bits per heavy atom. The Kier molecular flexibility index (Phi) is 3.60. The third kappa shape index (κ3) is 2.49. The Labute approximate surface area is 127 Å². The van der Waals surface area contributed by atoms with Crippen LogP contribution >= 0.6 is 34.5 Å². The average molecular weight is 328 g/mol. The second-order valence-corrected chi connectivity index (χ2v) is 5.60. The minimum atomic E-state index is -0.477. The van der Waals surface area contributed by atoms with Gasteiger partial charge in [0.15, 0.2) is 5.76 Å². The summed E-state index contributed by atoms with van der Waals surface area (Å²) in [6.07, 6.45) is 2.93. The van der Waals surface area contributed by atoms with Crippen molar-refractivity contribution in [2.75, 3.05) is 0 Å². The van der Waals surface area contributed by atoms with Gasteiger partial charge in [0.1, 0.15) is 11.6 Å². The Morgan fingerprint density at radius 3 is 2.95 bits per heavy atom. The predicted octanol–water partition coefficient (Wildman–Crippen LogP) is 3.31. The summed E-state index contributed by atoms with van der Waals surface area (Å²) in [7, 11) is 0. The molecule has 0 aromatic carbocycles. The van der Waals surface area contributed by atoms with E-state index in [-0.39, 0.29) is 16.6 Å². The Morgan fingerprint density at radius 1 is 1.35 bits per heavy atom. The van der Waals surface area contributed by atoms with Gasteiger partial charge < -0.3 is 4.42 Å². The van der Waals surface area contributed by atoms with Crippen molar-refractivity contribution in [2.24, 2.45) is 0 Å². The zero-order valence-corrected chi connectivity index (χ0v) is 12.2. The van der Waals surface area contributed by atoms with Crippen LogP contribution in [0.3, 0.4) is 0 Å². The summed E-state index contributed by atoms with van der Waals surface area (Å²) in [6.45, 7) is 0.0983. The van der Waals surface area contributed by atoms with Gasteiger partial charge in [-0.2, -0.15) is 5.10 Å². The molecule has 0 aliphatic heterocycles. The molecule has 20 heavy (non-hydrogen) atoms. The van der Waals surface area contributed by atoms with Crippen LogP contribution in [0.2, 0.25) is 10.0 Å². The lowest BCUT2D eigenvalue weighted by Gasteiger charge is -2.02. The first-order valence-corrected chi connectivity index (χ1v) is 7.18. The van der Waals surface area contributed by atoms with E-state index >= 15 is 0 Å². The Balaban J connectivity index is 1.89. The van der Waals surface area contributed by atoms with Gasteiger partial charge in [-0.3, -0.25) is 4.79 Å². The van der Waals surface area contributed by atoms with E-state index < -0.39 is 5.56 Å². The molecule has 0 aliphatic rings. The molecule has 0 saturated heterocycles. The summed E-state index contributed by atoms with van der Waals surface area (Å²) < 4.78 is 6.73. The van der Waals surface area contributed by atoms with Crippen molar-refractivity contribution in [3.05, 3.63) is 56.2 Å². The van der Waals surface area contributed by atoms with Crippen molar-refractivity contribution in [1.82, 2.24) is 14.8 Å². The van der Waals surface area contributed by atoms with Gasteiger partial charge in [-0.1, -0.05) is 29.3 Å². The third-order valence-electron chi connectivity index (χ3n) is 2.54. The van der Waals surface area contributed by atoms with Crippen LogP contribution in [0.15, 0.2) is 39.1 Å². The molecule has 102 valence electrons. The molecule has 3 rings (SSSR count). The van der Waals surface area contributed by atoms with E-state index in [0.29, 0.717) is 11.7 Å². The number of aromatic nitrogens is 3. The van der Waals surface area contributed by atoms with E-state index in [1.54, 1.807) is 17.5 Å². The van der Waals surface area contributed by atoms with Crippen LogP contribution in [0.4, 0.5) is 0 Å². The number of thiophene rings is 1. The zero-order valence-electron chi connectivity index (χ0n) is 9.92. The lowest BCUT2D eigenvalue weighted by Crippen LogP contribution is -2.23. The topological polar surface area (TPSA) is 60.9 Å². The van der Waals surface area contributed by atoms with Gasteiger partial charge in [0.2, 0.25) is 5.89 Å². The summed E-state index contributed by atoms with van der Waals surface area (Å²) in [5, 5.41) is 5.90. The highest BCUT2D eigenvalue weighted by Gasteiger charge is 2.12. The maximum absolute atomic E-state index is 11.8. The van der Waals surface area contributed by atoms with Crippen LogP contribution in [0.1, 0.15) is 5.89 Å². The second kappa shape index (κ2) is 5.40. The smallest absolute Gasteiger partial charge is 0.287 e. The highest BCUT2D eigenvalue weighted by Crippen LogP contribution is 2.25. The largest absolute Gasteiger partial charge is 0.438 e. The molecule has 3 aromatic rings. The molecule has 0 atom stereocenters. The van der Waals surface area contributed by atoms with Gasteiger partial charge >= 0.3 is 0 Å². The van der Waals surface area contributed by atoms with E-state index in [1.165, 1.54) is 6.20 Å². The van der Waals surface area contributed by atoms with Crippen molar-refractivity contribution in [3.8, 4) is 10.6 Å². The van der Waals surface area contributed by atoms with Gasteiger partial charge in [-0.15, -0.1) is 11.3 Å². The fourth-order valence-corrected chi connectivity index (χ4v) is 2.54. The summed E-state index contributed by atoms with van der Waals surface area (Å²) in [6, 6.07) is 3.85. The summed E-state index contributed by atoms with van der Waals surface area (Å²) in [5.74, 6) is 1.03. The van der Waals surface area contributed by atoms with E-state index in [1.807, 2.05) is 17.5 Å². The Bertz CT molecular complexity index is 795. The maximum Gasteiger partial charge on any atom is 0.287 e. The number of halogens is 2. The van der Waals surface area contributed by atoms with Crippen LogP contribution in [0.5, 0.6) is 0 Å². The second-order valence-electron chi connectivity index (χ2n) is 3.86. The summed E-state index contributed by atoms with van der Waals surface area (Å²) in [4.78, 5) is 16.9. The molecule has 0 saturated carbocycles. The summed E-state index contributed by atoms with van der Waals surface area (Å²) in [5.41, 5.74) is -0.477. The van der Waals surface area contributed by atoms with Gasteiger partial charge in [0.05, 0.1) is 22.3 Å². The number of hydrogen-bond acceptors (Lipinski definition) is 5. The molecule has 0 radical (unpaired) electrons. The quantitative estimate of drug-likeness (QED) is 0.740. The molecule has 0 fully saturated rings. The third-order valence-corrected chi connectivity index (χ3v) is 4.18. The molecule has 3 aromatic heterocycles. The molecular formula is C12H7Cl2N3O2S. The minimum absolute atomic E-state index is 0.0632. The fraction of sp³-hybridized carbons (Fsp3) is 0.0833. The van der Waals surface area contributed by atoms with Crippen molar-refractivity contribution in [1.29, 1.82) is 0 Å². The normalized spacial score (nSPS) is 10.9. The first-order chi connectivity index (χ1) is 9.65. The monoisotopic (exact) mass is 327 g/mol. The zero-order chi connectivity index (χ0) is 14.1. The lowest BCUT2D eigenvalue weighted by atomic mass is 10.4. The molecular weight excluding hydrogens is 321 g/mol. The minimum Gasteiger partial charge on any atom is -0.438 e. The van der Waals surface area contributed by atoms with Crippen molar-refractivity contribution < 1.29 is 4.42 Å². The van der Waals surface area contributed by atoms with Crippen molar-refractivity contribution in [2.45, 2.75) is 6.54 Å². The predicted molar refractivity (Wildman–Crippen MR) is 77.4 cm³/mol. The lowest BCUT2D eigenvalue weighted by molar-refractivity contribution is 0.466.